The van der Waals surface area contributed by atoms with E-state index in [-0.39, 0.29) is 0 Å². The summed E-state index contributed by atoms with van der Waals surface area (Å²) in [7, 11) is 3.27. The summed E-state index contributed by atoms with van der Waals surface area (Å²) in [5.41, 5.74) is 1.18. The van der Waals surface area contributed by atoms with Crippen LogP contribution in [0, 0.1) is 5.92 Å². The Labute approximate surface area is 143 Å². The number of nitrogens with one attached hydrogen (secondary N) is 1. The van der Waals surface area contributed by atoms with Gasteiger partial charge in [0.25, 0.3) is 0 Å². The lowest BCUT2D eigenvalue weighted by Gasteiger charge is -2.19. The second-order valence-corrected chi connectivity index (χ2v) is 6.26. The van der Waals surface area contributed by atoms with E-state index in [1.165, 1.54) is 5.56 Å². The van der Waals surface area contributed by atoms with Crippen molar-refractivity contribution in [1.29, 1.82) is 0 Å². The number of likely N-dealkylation sites (tertiary alicyclic amines) is 1. The van der Waals surface area contributed by atoms with Crippen molar-refractivity contribution in [2.24, 2.45) is 5.92 Å². The van der Waals surface area contributed by atoms with E-state index in [0.29, 0.717) is 18.9 Å². The number of carboxylic acids is 1. The summed E-state index contributed by atoms with van der Waals surface area (Å²) in [6.45, 7) is 5.39. The summed E-state index contributed by atoms with van der Waals surface area (Å²) in [6, 6.07) is 5.53. The molecule has 6 nitrogen and oxygen atoms in total. The third kappa shape index (κ3) is 4.85. The van der Waals surface area contributed by atoms with Crippen molar-refractivity contribution in [1.82, 2.24) is 10.2 Å². The number of hydrogen-bond donors (Lipinski definition) is 2. The predicted octanol–water partition coefficient (Wildman–Crippen LogP) is 1.98. The van der Waals surface area contributed by atoms with Crippen LogP contribution in [-0.2, 0) is 11.3 Å². The van der Waals surface area contributed by atoms with Crippen LogP contribution in [0.25, 0.3) is 0 Å². The third-order valence-electron chi connectivity index (χ3n) is 4.54. The van der Waals surface area contributed by atoms with E-state index in [9.17, 15) is 9.90 Å². The van der Waals surface area contributed by atoms with Gasteiger partial charge in [0, 0.05) is 13.1 Å². The van der Waals surface area contributed by atoms with E-state index < -0.39 is 12.0 Å². The standard InChI is InChI=1S/C18H28N2O4/c1-4-19-15(18(21)22)9-14-7-8-20(12-14)11-13-5-6-16(23-2)17(10-13)24-3/h5-6,10,14-15,19H,4,7-9,11-12H2,1-3H3,(H,21,22). The van der Waals surface area contributed by atoms with E-state index >= 15 is 0 Å². The Bertz CT molecular complexity index is 550. The van der Waals surface area contributed by atoms with Crippen LogP contribution in [0.1, 0.15) is 25.3 Å². The molecule has 2 rings (SSSR count). The van der Waals surface area contributed by atoms with E-state index in [1.54, 1.807) is 14.2 Å². The Kier molecular flexibility index (Phi) is 6.87. The fraction of sp³-hybridized carbons (Fsp3) is 0.611. The first-order valence-corrected chi connectivity index (χ1v) is 8.46. The topological polar surface area (TPSA) is 71.0 Å². The van der Waals surface area contributed by atoms with Gasteiger partial charge >= 0.3 is 5.97 Å². The number of carboxylic acid groups (broad SMARTS) is 1. The average Bonchev–Trinajstić information content (AvgIpc) is 3.01. The Hall–Kier alpha value is -1.79. The first-order chi connectivity index (χ1) is 11.6. The minimum absolute atomic E-state index is 0.422. The van der Waals surface area contributed by atoms with Crippen LogP contribution in [0.2, 0.25) is 0 Å². The van der Waals surface area contributed by atoms with Crippen LogP contribution in [0.4, 0.5) is 0 Å². The SMILES string of the molecule is CCNC(CC1CCN(Cc2ccc(OC)c(OC)c2)C1)C(=O)O. The zero-order valence-electron chi connectivity index (χ0n) is 14.7. The molecule has 6 heteroatoms. The Morgan fingerprint density at radius 2 is 2.12 bits per heavy atom. The Morgan fingerprint density at radius 1 is 1.38 bits per heavy atom. The Balaban J connectivity index is 1.90. The lowest BCUT2D eigenvalue weighted by molar-refractivity contribution is -0.139. The maximum Gasteiger partial charge on any atom is 0.320 e. The summed E-state index contributed by atoms with van der Waals surface area (Å²) in [5, 5.41) is 12.3. The molecule has 1 fully saturated rings. The lowest BCUT2D eigenvalue weighted by Crippen LogP contribution is -2.38. The molecule has 0 radical (unpaired) electrons. The number of methoxy groups -OCH3 is 2. The number of carbonyl (C=O) groups is 1. The van der Waals surface area contributed by atoms with Gasteiger partial charge in [-0.25, -0.2) is 0 Å². The second kappa shape index (κ2) is 8.89. The summed E-state index contributed by atoms with van der Waals surface area (Å²) in [4.78, 5) is 13.7. The fourth-order valence-corrected chi connectivity index (χ4v) is 3.34. The minimum Gasteiger partial charge on any atom is -0.493 e. The van der Waals surface area contributed by atoms with Crippen molar-refractivity contribution < 1.29 is 19.4 Å². The molecule has 134 valence electrons. The third-order valence-corrected chi connectivity index (χ3v) is 4.54. The van der Waals surface area contributed by atoms with E-state index in [1.807, 2.05) is 25.1 Å². The molecule has 1 heterocycles. The van der Waals surface area contributed by atoms with Crippen LogP contribution in [-0.4, -0.2) is 55.9 Å². The molecule has 1 aromatic carbocycles. The molecule has 1 aromatic rings. The molecular formula is C18H28N2O4. The van der Waals surface area contributed by atoms with Gasteiger partial charge in [0.15, 0.2) is 11.5 Å². The largest absolute Gasteiger partial charge is 0.493 e. The zero-order chi connectivity index (χ0) is 17.5. The molecule has 2 N–H and O–H groups in total. The van der Waals surface area contributed by atoms with E-state index in [0.717, 1.165) is 37.6 Å². The quantitative estimate of drug-likeness (QED) is 0.718. The van der Waals surface area contributed by atoms with Crippen LogP contribution >= 0.6 is 0 Å². The summed E-state index contributed by atoms with van der Waals surface area (Å²) < 4.78 is 10.6. The van der Waals surface area contributed by atoms with Crippen molar-refractivity contribution in [3.63, 3.8) is 0 Å². The molecule has 2 atom stereocenters. The van der Waals surface area contributed by atoms with Crippen molar-refractivity contribution in [2.45, 2.75) is 32.4 Å². The highest BCUT2D eigenvalue weighted by atomic mass is 16.5. The van der Waals surface area contributed by atoms with Gasteiger partial charge in [0.05, 0.1) is 14.2 Å². The maximum atomic E-state index is 11.3. The fourth-order valence-electron chi connectivity index (χ4n) is 3.34. The summed E-state index contributed by atoms with van der Waals surface area (Å²) >= 11 is 0. The molecule has 1 aliphatic rings. The van der Waals surface area contributed by atoms with Crippen LogP contribution in [0.15, 0.2) is 18.2 Å². The number of rotatable bonds is 9. The number of aliphatic carboxylic acids is 1. The highest BCUT2D eigenvalue weighted by Crippen LogP contribution is 2.29. The van der Waals surface area contributed by atoms with E-state index in [2.05, 4.69) is 10.2 Å². The molecular weight excluding hydrogens is 308 g/mol. The second-order valence-electron chi connectivity index (χ2n) is 6.26. The molecule has 0 amide bonds. The maximum absolute atomic E-state index is 11.3. The molecule has 2 unspecified atom stereocenters. The number of benzene rings is 1. The number of likely N-dealkylation sites (N-methyl/N-ethyl adjacent to an activating group) is 1. The van der Waals surface area contributed by atoms with Crippen molar-refractivity contribution in [3.8, 4) is 11.5 Å². The predicted molar refractivity (Wildman–Crippen MR) is 92.6 cm³/mol. The minimum atomic E-state index is -0.754. The highest BCUT2D eigenvalue weighted by Gasteiger charge is 2.27. The van der Waals surface area contributed by atoms with Crippen molar-refractivity contribution >= 4 is 5.97 Å². The van der Waals surface area contributed by atoms with Gasteiger partial charge in [0.1, 0.15) is 6.04 Å². The van der Waals surface area contributed by atoms with Gasteiger partial charge in [-0.1, -0.05) is 13.0 Å². The van der Waals surface area contributed by atoms with E-state index in [4.69, 9.17) is 9.47 Å². The van der Waals surface area contributed by atoms with Gasteiger partial charge in [-0.3, -0.25) is 9.69 Å². The molecule has 0 bridgehead atoms. The molecule has 0 aromatic heterocycles. The molecule has 0 spiro atoms. The number of nitrogens with zero attached hydrogens (tertiary/aromatic N) is 1. The summed E-state index contributed by atoms with van der Waals surface area (Å²) in [6.07, 6.45) is 1.73. The van der Waals surface area contributed by atoms with Gasteiger partial charge in [0.2, 0.25) is 0 Å². The molecule has 1 aliphatic heterocycles. The smallest absolute Gasteiger partial charge is 0.320 e. The van der Waals surface area contributed by atoms with Gasteiger partial charge < -0.3 is 19.9 Å². The molecule has 1 saturated heterocycles. The monoisotopic (exact) mass is 336 g/mol. The Morgan fingerprint density at radius 3 is 2.75 bits per heavy atom. The first-order valence-electron chi connectivity index (χ1n) is 8.46. The highest BCUT2D eigenvalue weighted by molar-refractivity contribution is 5.73. The molecule has 24 heavy (non-hydrogen) atoms. The normalized spacial score (nSPS) is 19.2. The number of ether oxygens (including phenoxy) is 2. The average molecular weight is 336 g/mol. The van der Waals surface area contributed by atoms with Crippen molar-refractivity contribution in [3.05, 3.63) is 23.8 Å². The zero-order valence-corrected chi connectivity index (χ0v) is 14.7. The van der Waals surface area contributed by atoms with Gasteiger partial charge in [-0.2, -0.15) is 0 Å². The first kappa shape index (κ1) is 18.5. The van der Waals surface area contributed by atoms with Crippen LogP contribution < -0.4 is 14.8 Å². The van der Waals surface area contributed by atoms with Gasteiger partial charge in [-0.15, -0.1) is 0 Å². The van der Waals surface area contributed by atoms with Crippen LogP contribution in [0.5, 0.6) is 11.5 Å². The lowest BCUT2D eigenvalue weighted by atomic mass is 9.99. The summed E-state index contributed by atoms with van der Waals surface area (Å²) in [5.74, 6) is 1.14. The van der Waals surface area contributed by atoms with Crippen LogP contribution in [0.3, 0.4) is 0 Å². The van der Waals surface area contributed by atoms with Gasteiger partial charge in [-0.05, 0) is 49.5 Å². The van der Waals surface area contributed by atoms with Crippen molar-refractivity contribution in [2.75, 3.05) is 33.9 Å². The molecule has 0 saturated carbocycles. The number of hydrogen-bond acceptors (Lipinski definition) is 5. The molecule has 0 aliphatic carbocycles.